The van der Waals surface area contributed by atoms with E-state index in [-0.39, 0.29) is 17.7 Å². The molecule has 0 spiro atoms. The van der Waals surface area contributed by atoms with Gasteiger partial charge >= 0.3 is 0 Å². The van der Waals surface area contributed by atoms with Crippen LogP contribution in [-0.2, 0) is 4.79 Å². The van der Waals surface area contributed by atoms with Gasteiger partial charge in [-0.2, -0.15) is 14.6 Å². The Morgan fingerprint density at radius 2 is 1.85 bits per heavy atom. The molecule has 2 aliphatic carbocycles. The van der Waals surface area contributed by atoms with Crippen LogP contribution in [0.4, 0.5) is 23.3 Å². The molecule has 3 fully saturated rings. The van der Waals surface area contributed by atoms with Gasteiger partial charge in [-0.1, -0.05) is 6.42 Å². The number of anilines is 4. The summed E-state index contributed by atoms with van der Waals surface area (Å²) in [5.41, 5.74) is 10.2. The number of benzene rings is 1. The highest BCUT2D eigenvalue weighted by Crippen LogP contribution is 2.46. The lowest BCUT2D eigenvalue weighted by atomic mass is 9.93. The van der Waals surface area contributed by atoms with Gasteiger partial charge in [0.1, 0.15) is 0 Å². The maximum Gasteiger partial charge on any atom is 0.290 e. The number of nitrogens with one attached hydrogen (secondary N) is 1. The maximum absolute atomic E-state index is 8.36. The third-order valence-electron chi connectivity index (χ3n) is 8.35. The van der Waals surface area contributed by atoms with Crippen molar-refractivity contribution in [2.75, 3.05) is 42.1 Å². The minimum absolute atomic E-state index is 0.153. The normalized spacial score (nSPS) is 22.4. The predicted octanol–water partition coefficient (Wildman–Crippen LogP) is 4.57. The van der Waals surface area contributed by atoms with E-state index in [1.807, 2.05) is 12.3 Å². The maximum atomic E-state index is 8.36. The molecule has 4 N–H and O–H groups in total. The van der Waals surface area contributed by atoms with Gasteiger partial charge in [-0.05, 0) is 84.8 Å². The van der Waals surface area contributed by atoms with E-state index >= 15 is 0 Å². The van der Waals surface area contributed by atoms with Crippen LogP contribution in [0, 0.1) is 18.8 Å². The molecular formula is C27H32ClN9O2S. The molecule has 1 aromatic carbocycles. The average molecular weight is 582 g/mol. The van der Waals surface area contributed by atoms with Gasteiger partial charge in [0, 0.05) is 43.6 Å². The first-order valence-electron chi connectivity index (χ1n) is 13.5. The predicted molar refractivity (Wildman–Crippen MR) is 158 cm³/mol. The Bertz CT molecular complexity index is 1500. The van der Waals surface area contributed by atoms with Crippen molar-refractivity contribution >= 4 is 62.9 Å². The fraction of sp³-hybridized carbons (Fsp3) is 0.444. The number of halogens is 1. The van der Waals surface area contributed by atoms with E-state index in [2.05, 4.69) is 59.4 Å². The average Bonchev–Trinajstić information content (AvgIpc) is 3.75. The van der Waals surface area contributed by atoms with E-state index in [0.717, 1.165) is 52.4 Å². The Morgan fingerprint density at radius 1 is 1.10 bits per heavy atom. The second-order valence-electron chi connectivity index (χ2n) is 10.7. The number of carboxylic acid groups (broad SMARTS) is 1. The molecule has 210 valence electrons. The molecular weight excluding hydrogens is 550 g/mol. The molecule has 3 aliphatic rings. The van der Waals surface area contributed by atoms with Crippen molar-refractivity contribution in [3.8, 4) is 5.82 Å². The van der Waals surface area contributed by atoms with Crippen molar-refractivity contribution in [2.45, 2.75) is 38.6 Å². The zero-order valence-electron chi connectivity index (χ0n) is 22.2. The van der Waals surface area contributed by atoms with Crippen LogP contribution in [0.15, 0.2) is 29.6 Å². The summed E-state index contributed by atoms with van der Waals surface area (Å²) in [7, 11) is 0. The summed E-state index contributed by atoms with van der Waals surface area (Å²) in [5, 5.41) is 16.9. The number of hydrogen-bond acceptors (Lipinski definition) is 10. The lowest BCUT2D eigenvalue weighted by molar-refractivity contribution is -0.122. The highest BCUT2D eigenvalue weighted by molar-refractivity contribution is 7.17. The molecule has 0 unspecified atom stereocenters. The molecule has 2 saturated carbocycles. The fourth-order valence-corrected chi connectivity index (χ4v) is 7.65. The first-order valence-corrected chi connectivity index (χ1v) is 14.8. The van der Waals surface area contributed by atoms with E-state index in [1.165, 1.54) is 60.5 Å². The van der Waals surface area contributed by atoms with E-state index in [4.69, 9.17) is 27.2 Å². The summed E-state index contributed by atoms with van der Waals surface area (Å²) in [5.74, 6) is 3.13. The number of nitrogens with two attached hydrogens (primary N) is 1. The highest BCUT2D eigenvalue weighted by Gasteiger charge is 2.42. The first kappa shape index (κ1) is 26.7. The number of aromatic nitrogens is 5. The topological polar surface area (TPSA) is 138 Å². The third-order valence-corrected chi connectivity index (χ3v) is 9.60. The van der Waals surface area contributed by atoms with Gasteiger partial charge in [0.05, 0.1) is 10.2 Å². The second-order valence-corrected chi connectivity index (χ2v) is 11.9. The van der Waals surface area contributed by atoms with Crippen LogP contribution in [0.1, 0.15) is 31.2 Å². The summed E-state index contributed by atoms with van der Waals surface area (Å²) in [6, 6.07) is 9.30. The van der Waals surface area contributed by atoms with Crippen molar-refractivity contribution in [2.24, 2.45) is 11.8 Å². The molecule has 4 heterocycles. The molecule has 13 heteroatoms. The summed E-state index contributed by atoms with van der Waals surface area (Å²) in [4.78, 5) is 26.7. The molecule has 3 atom stereocenters. The van der Waals surface area contributed by atoms with Crippen LogP contribution in [0.5, 0.6) is 0 Å². The van der Waals surface area contributed by atoms with Crippen LogP contribution in [0.3, 0.4) is 0 Å². The van der Waals surface area contributed by atoms with Gasteiger partial charge in [-0.3, -0.25) is 9.69 Å². The fourth-order valence-electron chi connectivity index (χ4n) is 6.52. The molecule has 1 saturated heterocycles. The van der Waals surface area contributed by atoms with E-state index in [1.54, 1.807) is 0 Å². The number of carbonyl (C=O) groups is 1. The Kier molecular flexibility index (Phi) is 7.47. The minimum Gasteiger partial charge on any atom is -0.483 e. The van der Waals surface area contributed by atoms with Crippen molar-refractivity contribution in [1.82, 2.24) is 29.6 Å². The Labute approximate surface area is 241 Å². The van der Waals surface area contributed by atoms with E-state index in [0.29, 0.717) is 11.8 Å². The first-order chi connectivity index (χ1) is 19.4. The number of nitrogens with zero attached hydrogens (tertiary/aromatic N) is 7. The minimum atomic E-state index is -0.250. The van der Waals surface area contributed by atoms with E-state index < -0.39 is 0 Å². The van der Waals surface area contributed by atoms with Crippen molar-refractivity contribution in [1.29, 1.82) is 0 Å². The summed E-state index contributed by atoms with van der Waals surface area (Å²) in [6.07, 6.45) is 5.83. The number of nitrogen functional groups attached to an aromatic ring is 1. The molecule has 7 rings (SSSR count). The smallest absolute Gasteiger partial charge is 0.290 e. The summed E-state index contributed by atoms with van der Waals surface area (Å²) in [6.45, 7) is 6.24. The second kappa shape index (κ2) is 11.2. The van der Waals surface area contributed by atoms with Crippen molar-refractivity contribution in [3.63, 3.8) is 0 Å². The summed E-state index contributed by atoms with van der Waals surface area (Å²) >= 11 is 7.72. The standard InChI is InChI=1S/C26H30ClN9S.CH2O2/c1-15-14-37-22-21(15)30-24(27)31-23(22)36-25(28)32-26(33-36)29-18-4-6-19(7-5-18)34-8-10-35(11-9-34)20-13-16-2-3-17(20)12-16;2-1-3/h4-7,14,16-17,20H,2-3,8-13H2,1H3,(H3,28,29,32,33);1H,(H,2,3)/t16-,17+,20+;/m1./s1. The molecule has 2 bridgehead atoms. The molecule has 1 aliphatic heterocycles. The van der Waals surface area contributed by atoms with Gasteiger partial charge in [-0.25, -0.2) is 4.98 Å². The number of aryl methyl sites for hydroxylation is 1. The lowest BCUT2D eigenvalue weighted by Gasteiger charge is -2.41. The Morgan fingerprint density at radius 3 is 2.52 bits per heavy atom. The monoisotopic (exact) mass is 581 g/mol. The van der Waals surface area contributed by atoms with Crippen LogP contribution >= 0.6 is 22.9 Å². The van der Waals surface area contributed by atoms with Crippen molar-refractivity contribution in [3.05, 3.63) is 40.5 Å². The van der Waals surface area contributed by atoms with Crippen LogP contribution in [0.25, 0.3) is 16.0 Å². The molecule has 0 radical (unpaired) electrons. The third kappa shape index (κ3) is 5.18. The SMILES string of the molecule is Cc1csc2c(-n3nc(Nc4ccc(N5CCN([C@H]6C[C@@H]7CC[C@H]6C7)CC5)cc4)nc3N)nc(Cl)nc12.O=CO. The summed E-state index contributed by atoms with van der Waals surface area (Å²) < 4.78 is 2.38. The number of fused-ring (bicyclic) bond motifs is 3. The quantitative estimate of drug-likeness (QED) is 0.227. The van der Waals surface area contributed by atoms with Crippen molar-refractivity contribution < 1.29 is 9.90 Å². The molecule has 3 aromatic heterocycles. The Hall–Kier alpha value is -3.48. The number of piperazine rings is 1. The lowest BCUT2D eigenvalue weighted by Crippen LogP contribution is -2.51. The zero-order valence-corrected chi connectivity index (χ0v) is 23.8. The largest absolute Gasteiger partial charge is 0.483 e. The molecule has 40 heavy (non-hydrogen) atoms. The number of hydrogen-bond donors (Lipinski definition) is 3. The van der Waals surface area contributed by atoms with Crippen LogP contribution in [0.2, 0.25) is 5.28 Å². The molecule has 11 nitrogen and oxygen atoms in total. The molecule has 4 aromatic rings. The molecule has 0 amide bonds. The van der Waals surface area contributed by atoms with Gasteiger partial charge in [-0.15, -0.1) is 16.4 Å². The van der Waals surface area contributed by atoms with Gasteiger partial charge in [0.2, 0.25) is 17.2 Å². The highest BCUT2D eigenvalue weighted by atomic mass is 35.5. The van der Waals surface area contributed by atoms with Gasteiger partial charge in [0.25, 0.3) is 6.47 Å². The van der Waals surface area contributed by atoms with Crippen LogP contribution < -0.4 is 16.0 Å². The van der Waals surface area contributed by atoms with Gasteiger partial charge in [0.15, 0.2) is 5.82 Å². The number of thiophene rings is 1. The van der Waals surface area contributed by atoms with Gasteiger partial charge < -0.3 is 21.1 Å². The van der Waals surface area contributed by atoms with E-state index in [9.17, 15) is 0 Å². The zero-order chi connectivity index (χ0) is 27.8. The number of rotatable bonds is 5. The van der Waals surface area contributed by atoms with Crippen LogP contribution in [-0.4, -0.2) is 73.4 Å². The Balaban J connectivity index is 0.000000925.